The molecule has 1 aromatic heterocycles. The van der Waals surface area contributed by atoms with Gasteiger partial charge in [0.1, 0.15) is 17.4 Å². The lowest BCUT2D eigenvalue weighted by molar-refractivity contribution is 0.102. The summed E-state index contributed by atoms with van der Waals surface area (Å²) < 4.78 is 32.2. The van der Waals surface area contributed by atoms with Crippen molar-refractivity contribution in [1.82, 2.24) is 4.98 Å². The number of amides is 1. The molecule has 0 saturated carbocycles. The van der Waals surface area contributed by atoms with Crippen LogP contribution in [0, 0.1) is 11.6 Å². The number of carbonyl (C=O) groups is 1. The number of ether oxygens (including phenoxy) is 1. The first-order chi connectivity index (χ1) is 12.0. The van der Waals surface area contributed by atoms with Gasteiger partial charge in [-0.05, 0) is 30.3 Å². The van der Waals surface area contributed by atoms with E-state index in [1.54, 1.807) is 30.3 Å². The molecule has 1 amide bonds. The molecule has 3 rings (SSSR count). The minimum Gasteiger partial charge on any atom is -0.438 e. The summed E-state index contributed by atoms with van der Waals surface area (Å²) in [6.07, 6.45) is 1.41. The van der Waals surface area contributed by atoms with Crippen molar-refractivity contribution in [3.05, 3.63) is 83.0 Å². The summed E-state index contributed by atoms with van der Waals surface area (Å²) in [6, 6.07) is 12.4. The minimum atomic E-state index is -0.869. The third-order valence-corrected chi connectivity index (χ3v) is 3.45. The van der Waals surface area contributed by atoms with Gasteiger partial charge in [-0.25, -0.2) is 13.8 Å². The van der Waals surface area contributed by atoms with Crippen LogP contribution in [0.25, 0.3) is 0 Å². The summed E-state index contributed by atoms with van der Waals surface area (Å²) in [5.74, 6) is -1.72. The number of halogens is 3. The zero-order valence-electron chi connectivity index (χ0n) is 12.7. The van der Waals surface area contributed by atoms with E-state index in [1.807, 2.05) is 0 Å². The SMILES string of the molecule is O=C(Nc1ccc(F)cc1F)c1ccccc1Oc1ccc(Cl)cn1. The molecule has 1 heterocycles. The van der Waals surface area contributed by atoms with Crippen LogP contribution in [0.1, 0.15) is 10.4 Å². The fourth-order valence-corrected chi connectivity index (χ4v) is 2.17. The molecule has 3 aromatic rings. The van der Waals surface area contributed by atoms with Crippen molar-refractivity contribution in [1.29, 1.82) is 0 Å². The minimum absolute atomic E-state index is 0.133. The van der Waals surface area contributed by atoms with Gasteiger partial charge >= 0.3 is 0 Å². The molecule has 2 aromatic carbocycles. The van der Waals surface area contributed by atoms with Crippen LogP contribution in [0.3, 0.4) is 0 Å². The van der Waals surface area contributed by atoms with Crippen molar-refractivity contribution in [3.8, 4) is 11.6 Å². The zero-order chi connectivity index (χ0) is 17.8. The number of nitrogens with zero attached hydrogens (tertiary/aromatic N) is 1. The third kappa shape index (κ3) is 4.10. The Kier molecular flexibility index (Phi) is 4.90. The Balaban J connectivity index is 1.84. The number of aromatic nitrogens is 1. The van der Waals surface area contributed by atoms with Crippen LogP contribution in [0.2, 0.25) is 5.02 Å². The quantitative estimate of drug-likeness (QED) is 0.707. The van der Waals surface area contributed by atoms with E-state index in [4.69, 9.17) is 16.3 Å². The molecular formula is C18H11ClF2N2O2. The van der Waals surface area contributed by atoms with Crippen molar-refractivity contribution < 1.29 is 18.3 Å². The van der Waals surface area contributed by atoms with Crippen LogP contribution in [-0.2, 0) is 0 Å². The zero-order valence-corrected chi connectivity index (χ0v) is 13.4. The Bertz CT molecular complexity index is 917. The molecule has 0 bridgehead atoms. The highest BCUT2D eigenvalue weighted by molar-refractivity contribution is 6.30. The highest BCUT2D eigenvalue weighted by Gasteiger charge is 2.15. The molecule has 0 atom stereocenters. The maximum atomic E-state index is 13.7. The number of benzene rings is 2. The van der Waals surface area contributed by atoms with Crippen LogP contribution in [0.4, 0.5) is 14.5 Å². The number of anilines is 1. The van der Waals surface area contributed by atoms with Crippen molar-refractivity contribution >= 4 is 23.2 Å². The second-order valence-electron chi connectivity index (χ2n) is 4.99. The number of nitrogens with one attached hydrogen (secondary N) is 1. The van der Waals surface area contributed by atoms with Gasteiger partial charge in [0, 0.05) is 18.3 Å². The molecule has 0 unspecified atom stereocenters. The van der Waals surface area contributed by atoms with Crippen LogP contribution in [0.15, 0.2) is 60.8 Å². The lowest BCUT2D eigenvalue weighted by atomic mass is 10.2. The maximum absolute atomic E-state index is 13.7. The number of pyridine rings is 1. The molecule has 25 heavy (non-hydrogen) atoms. The van der Waals surface area contributed by atoms with Gasteiger partial charge in [-0.15, -0.1) is 0 Å². The maximum Gasteiger partial charge on any atom is 0.259 e. The fraction of sp³-hybridized carbons (Fsp3) is 0. The van der Waals surface area contributed by atoms with E-state index in [9.17, 15) is 13.6 Å². The molecule has 0 aliphatic heterocycles. The topological polar surface area (TPSA) is 51.2 Å². The van der Waals surface area contributed by atoms with Crippen molar-refractivity contribution in [2.75, 3.05) is 5.32 Å². The predicted molar refractivity (Wildman–Crippen MR) is 90.1 cm³/mol. The van der Waals surface area contributed by atoms with Gasteiger partial charge in [-0.2, -0.15) is 0 Å². The van der Waals surface area contributed by atoms with Gasteiger partial charge < -0.3 is 10.1 Å². The van der Waals surface area contributed by atoms with Gasteiger partial charge in [0.15, 0.2) is 0 Å². The molecular weight excluding hydrogens is 350 g/mol. The number of para-hydroxylation sites is 1. The Morgan fingerprint density at radius 1 is 1.08 bits per heavy atom. The van der Waals surface area contributed by atoms with Gasteiger partial charge in [0.25, 0.3) is 5.91 Å². The Morgan fingerprint density at radius 3 is 2.60 bits per heavy atom. The van der Waals surface area contributed by atoms with Gasteiger partial charge in [0.05, 0.1) is 16.3 Å². The Hall–Kier alpha value is -2.99. The molecule has 0 fully saturated rings. The average Bonchev–Trinajstić information content (AvgIpc) is 2.60. The lowest BCUT2D eigenvalue weighted by Crippen LogP contribution is -2.14. The first-order valence-electron chi connectivity index (χ1n) is 7.18. The largest absolute Gasteiger partial charge is 0.438 e. The smallest absolute Gasteiger partial charge is 0.259 e. The fourth-order valence-electron chi connectivity index (χ4n) is 2.06. The van der Waals surface area contributed by atoms with Gasteiger partial charge in [-0.1, -0.05) is 23.7 Å². The monoisotopic (exact) mass is 360 g/mol. The number of rotatable bonds is 4. The number of hydrogen-bond donors (Lipinski definition) is 1. The summed E-state index contributed by atoms with van der Waals surface area (Å²) >= 11 is 5.77. The van der Waals surface area contributed by atoms with E-state index in [1.165, 1.54) is 12.3 Å². The second-order valence-corrected chi connectivity index (χ2v) is 5.43. The van der Waals surface area contributed by atoms with E-state index in [-0.39, 0.29) is 22.9 Å². The summed E-state index contributed by atoms with van der Waals surface area (Å²) in [7, 11) is 0. The van der Waals surface area contributed by atoms with E-state index >= 15 is 0 Å². The second kappa shape index (κ2) is 7.27. The van der Waals surface area contributed by atoms with Crippen molar-refractivity contribution in [2.45, 2.75) is 0 Å². The van der Waals surface area contributed by atoms with Gasteiger partial charge in [-0.3, -0.25) is 4.79 Å². The third-order valence-electron chi connectivity index (χ3n) is 3.23. The first kappa shape index (κ1) is 16.9. The van der Waals surface area contributed by atoms with Crippen molar-refractivity contribution in [2.24, 2.45) is 0 Å². The average molecular weight is 361 g/mol. The summed E-state index contributed by atoms with van der Waals surface area (Å²) in [6.45, 7) is 0. The Labute approximate surface area is 147 Å². The molecule has 1 N–H and O–H groups in total. The standard InChI is InChI=1S/C18H11ClF2N2O2/c19-11-5-8-17(22-10-11)25-16-4-2-1-3-13(16)18(24)23-15-7-6-12(20)9-14(15)21/h1-10H,(H,23,24). The molecule has 0 saturated heterocycles. The van der Waals surface area contributed by atoms with E-state index in [2.05, 4.69) is 10.3 Å². The first-order valence-corrected chi connectivity index (χ1v) is 7.55. The number of hydrogen-bond acceptors (Lipinski definition) is 3. The molecule has 0 radical (unpaired) electrons. The van der Waals surface area contributed by atoms with Gasteiger partial charge in [0.2, 0.25) is 5.88 Å². The normalized spacial score (nSPS) is 10.4. The molecule has 0 aliphatic rings. The summed E-state index contributed by atoms with van der Waals surface area (Å²) in [5.41, 5.74) is 0.0359. The van der Waals surface area contributed by atoms with Crippen LogP contribution >= 0.6 is 11.6 Å². The van der Waals surface area contributed by atoms with Crippen LogP contribution < -0.4 is 10.1 Å². The van der Waals surface area contributed by atoms with Crippen molar-refractivity contribution in [3.63, 3.8) is 0 Å². The Morgan fingerprint density at radius 2 is 1.88 bits per heavy atom. The molecule has 126 valence electrons. The summed E-state index contributed by atoms with van der Waals surface area (Å²) in [4.78, 5) is 16.4. The van der Waals surface area contributed by atoms with Crippen LogP contribution in [0.5, 0.6) is 11.6 Å². The lowest BCUT2D eigenvalue weighted by Gasteiger charge is -2.11. The molecule has 7 heteroatoms. The molecule has 0 aliphatic carbocycles. The summed E-state index contributed by atoms with van der Waals surface area (Å²) in [5, 5.41) is 2.84. The predicted octanol–water partition coefficient (Wildman–Crippen LogP) is 5.06. The van der Waals surface area contributed by atoms with E-state index in [0.717, 1.165) is 12.1 Å². The molecule has 4 nitrogen and oxygen atoms in total. The van der Waals surface area contributed by atoms with E-state index in [0.29, 0.717) is 11.1 Å². The molecule has 0 spiro atoms. The van der Waals surface area contributed by atoms with E-state index < -0.39 is 17.5 Å². The van der Waals surface area contributed by atoms with Crippen LogP contribution in [-0.4, -0.2) is 10.9 Å². The highest BCUT2D eigenvalue weighted by atomic mass is 35.5. The number of carbonyl (C=O) groups excluding carboxylic acids is 1. The highest BCUT2D eigenvalue weighted by Crippen LogP contribution is 2.26.